The molecular formula is C22H24N4O4. The van der Waals surface area contributed by atoms with Gasteiger partial charge in [0.2, 0.25) is 11.8 Å². The quantitative estimate of drug-likeness (QED) is 0.778. The number of pyridine rings is 1. The highest BCUT2D eigenvalue weighted by atomic mass is 16.6. The van der Waals surface area contributed by atoms with Crippen LogP contribution >= 0.6 is 0 Å². The van der Waals surface area contributed by atoms with Crippen molar-refractivity contribution in [3.63, 3.8) is 0 Å². The average molecular weight is 408 g/mol. The molecule has 0 saturated carbocycles. The summed E-state index contributed by atoms with van der Waals surface area (Å²) in [5.74, 6) is 1.82. The number of hydrogen-bond donors (Lipinski definition) is 1. The Morgan fingerprint density at radius 2 is 2.03 bits per heavy atom. The highest BCUT2D eigenvalue weighted by Gasteiger charge is 2.18. The number of amides is 2. The van der Waals surface area contributed by atoms with Crippen molar-refractivity contribution in [3.8, 4) is 11.5 Å². The third-order valence-electron chi connectivity index (χ3n) is 4.92. The van der Waals surface area contributed by atoms with Crippen LogP contribution in [0.4, 0.5) is 5.82 Å². The lowest BCUT2D eigenvalue weighted by Gasteiger charge is -2.20. The number of carbonyl (C=O) groups excluding carboxylic acids is 2. The van der Waals surface area contributed by atoms with Crippen LogP contribution in [0.15, 0.2) is 36.5 Å². The first-order chi connectivity index (χ1) is 14.5. The fourth-order valence-corrected chi connectivity index (χ4v) is 3.45. The zero-order valence-corrected chi connectivity index (χ0v) is 17.1. The molecule has 2 amide bonds. The van der Waals surface area contributed by atoms with Gasteiger partial charge in [-0.3, -0.25) is 14.5 Å². The van der Waals surface area contributed by atoms with Gasteiger partial charge in [0.1, 0.15) is 19.0 Å². The zero-order valence-electron chi connectivity index (χ0n) is 17.1. The SMILES string of the molecule is CN1CC(=O)Nc2ncc(C=CC(=O)N(C)Cc3ccc4c(c3)OCCO4)cc2C1. The van der Waals surface area contributed by atoms with Crippen molar-refractivity contribution in [2.24, 2.45) is 0 Å². The normalized spacial score (nSPS) is 16.0. The standard InChI is InChI=1S/C22H24N4O4/c1-25-13-17-9-15(11-23-22(17)24-20(27)14-25)4-6-21(28)26(2)12-16-3-5-18-19(10-16)30-8-7-29-18/h3-6,9-11H,7-8,12-14H2,1-2H3,(H,23,24,27). The van der Waals surface area contributed by atoms with Gasteiger partial charge < -0.3 is 19.7 Å². The Bertz CT molecular complexity index is 1000. The van der Waals surface area contributed by atoms with E-state index < -0.39 is 0 Å². The van der Waals surface area contributed by atoms with E-state index >= 15 is 0 Å². The first-order valence-electron chi connectivity index (χ1n) is 9.77. The molecule has 0 spiro atoms. The Hall–Kier alpha value is -3.39. The monoisotopic (exact) mass is 408 g/mol. The third-order valence-corrected chi connectivity index (χ3v) is 4.92. The van der Waals surface area contributed by atoms with Crippen molar-refractivity contribution >= 4 is 23.7 Å². The van der Waals surface area contributed by atoms with Crippen LogP contribution in [0.25, 0.3) is 6.08 Å². The molecular weight excluding hydrogens is 384 g/mol. The van der Waals surface area contributed by atoms with Gasteiger partial charge in [0.15, 0.2) is 11.5 Å². The molecule has 0 aliphatic carbocycles. The highest BCUT2D eigenvalue weighted by molar-refractivity contribution is 5.93. The molecule has 0 fully saturated rings. The van der Waals surface area contributed by atoms with E-state index in [9.17, 15) is 9.59 Å². The number of hydrogen-bond acceptors (Lipinski definition) is 6. The molecule has 8 nitrogen and oxygen atoms in total. The van der Waals surface area contributed by atoms with Crippen molar-refractivity contribution in [3.05, 3.63) is 53.2 Å². The number of benzene rings is 1. The van der Waals surface area contributed by atoms with Gasteiger partial charge in [-0.1, -0.05) is 6.07 Å². The second kappa shape index (κ2) is 8.54. The predicted molar refractivity (Wildman–Crippen MR) is 112 cm³/mol. The maximum absolute atomic E-state index is 12.5. The van der Waals surface area contributed by atoms with E-state index in [1.54, 1.807) is 24.2 Å². The Kier molecular flexibility index (Phi) is 5.67. The largest absolute Gasteiger partial charge is 0.486 e. The molecule has 4 rings (SSSR count). The van der Waals surface area contributed by atoms with E-state index in [0.717, 1.165) is 22.4 Å². The topological polar surface area (TPSA) is 84.0 Å². The Morgan fingerprint density at radius 1 is 1.23 bits per heavy atom. The van der Waals surface area contributed by atoms with Gasteiger partial charge in [-0.2, -0.15) is 0 Å². The molecule has 1 aromatic heterocycles. The molecule has 1 N–H and O–H groups in total. The lowest BCUT2D eigenvalue weighted by Crippen LogP contribution is -2.26. The molecule has 0 atom stereocenters. The lowest BCUT2D eigenvalue weighted by atomic mass is 10.1. The molecule has 1 aromatic carbocycles. The molecule has 0 radical (unpaired) electrons. The summed E-state index contributed by atoms with van der Waals surface area (Å²) in [5.41, 5.74) is 2.69. The molecule has 8 heteroatoms. The first-order valence-corrected chi connectivity index (χ1v) is 9.77. The van der Waals surface area contributed by atoms with Gasteiger partial charge in [0.05, 0.1) is 6.54 Å². The molecule has 0 saturated heterocycles. The molecule has 0 bridgehead atoms. The smallest absolute Gasteiger partial charge is 0.246 e. The lowest BCUT2D eigenvalue weighted by molar-refractivity contribution is -0.125. The molecule has 0 unspecified atom stereocenters. The van der Waals surface area contributed by atoms with E-state index in [1.165, 1.54) is 6.08 Å². The summed E-state index contributed by atoms with van der Waals surface area (Å²) >= 11 is 0. The van der Waals surface area contributed by atoms with Crippen molar-refractivity contribution in [2.45, 2.75) is 13.1 Å². The van der Waals surface area contributed by atoms with Crippen molar-refractivity contribution < 1.29 is 19.1 Å². The molecule has 2 aromatic rings. The summed E-state index contributed by atoms with van der Waals surface area (Å²) in [6.45, 7) is 2.47. The van der Waals surface area contributed by atoms with E-state index in [2.05, 4.69) is 10.3 Å². The van der Waals surface area contributed by atoms with Crippen LogP contribution in [0.5, 0.6) is 11.5 Å². The van der Waals surface area contributed by atoms with E-state index in [1.807, 2.05) is 36.2 Å². The number of nitrogens with one attached hydrogen (secondary N) is 1. The molecule has 2 aliphatic heterocycles. The van der Waals surface area contributed by atoms with E-state index in [-0.39, 0.29) is 11.8 Å². The number of ether oxygens (including phenoxy) is 2. The molecule has 156 valence electrons. The predicted octanol–water partition coefficient (Wildman–Crippen LogP) is 1.91. The second-order valence-electron chi connectivity index (χ2n) is 7.50. The van der Waals surface area contributed by atoms with E-state index in [0.29, 0.717) is 44.4 Å². The minimum absolute atomic E-state index is 0.0806. The minimum Gasteiger partial charge on any atom is -0.486 e. The zero-order chi connectivity index (χ0) is 21.1. The van der Waals surface area contributed by atoms with Gasteiger partial charge in [0.25, 0.3) is 0 Å². The van der Waals surface area contributed by atoms with E-state index in [4.69, 9.17) is 9.47 Å². The summed E-state index contributed by atoms with van der Waals surface area (Å²) in [6, 6.07) is 7.65. The summed E-state index contributed by atoms with van der Waals surface area (Å²) < 4.78 is 11.1. The van der Waals surface area contributed by atoms with Crippen molar-refractivity contribution in [1.29, 1.82) is 0 Å². The summed E-state index contributed by atoms with van der Waals surface area (Å²) in [7, 11) is 3.64. The summed E-state index contributed by atoms with van der Waals surface area (Å²) in [4.78, 5) is 32.2. The molecule has 30 heavy (non-hydrogen) atoms. The average Bonchev–Trinajstić information content (AvgIpc) is 2.87. The number of nitrogens with zero attached hydrogens (tertiary/aromatic N) is 3. The second-order valence-corrected chi connectivity index (χ2v) is 7.50. The van der Waals surface area contributed by atoms with Gasteiger partial charge >= 0.3 is 0 Å². The first kappa shape index (κ1) is 19.9. The molecule has 2 aliphatic rings. The number of aromatic nitrogens is 1. The maximum atomic E-state index is 12.5. The van der Waals surface area contributed by atoms with Crippen molar-refractivity contribution in [1.82, 2.24) is 14.8 Å². The minimum atomic E-state index is -0.120. The molecule has 3 heterocycles. The van der Waals surface area contributed by atoms with Crippen LogP contribution < -0.4 is 14.8 Å². The maximum Gasteiger partial charge on any atom is 0.246 e. The fraction of sp³-hybridized carbons (Fsp3) is 0.318. The van der Waals surface area contributed by atoms with Gasteiger partial charge in [-0.05, 0) is 42.4 Å². The number of likely N-dealkylation sites (N-methyl/N-ethyl adjacent to an activating group) is 2. The van der Waals surface area contributed by atoms with Crippen LogP contribution in [0.2, 0.25) is 0 Å². The van der Waals surface area contributed by atoms with Crippen LogP contribution in [-0.2, 0) is 22.7 Å². The van der Waals surface area contributed by atoms with Gasteiger partial charge in [0, 0.05) is 38.0 Å². The summed E-state index contributed by atoms with van der Waals surface area (Å²) in [6.07, 6.45) is 4.91. The fourth-order valence-electron chi connectivity index (χ4n) is 3.45. The number of anilines is 1. The van der Waals surface area contributed by atoms with Crippen LogP contribution in [0, 0.1) is 0 Å². The van der Waals surface area contributed by atoms with Crippen molar-refractivity contribution in [2.75, 3.05) is 39.2 Å². The van der Waals surface area contributed by atoms with Crippen LogP contribution in [0.3, 0.4) is 0 Å². The van der Waals surface area contributed by atoms with Crippen LogP contribution in [0.1, 0.15) is 16.7 Å². The third kappa shape index (κ3) is 4.60. The Morgan fingerprint density at radius 3 is 2.87 bits per heavy atom. The number of fused-ring (bicyclic) bond motifs is 2. The highest BCUT2D eigenvalue weighted by Crippen LogP contribution is 2.31. The van der Waals surface area contributed by atoms with Gasteiger partial charge in [-0.25, -0.2) is 4.98 Å². The number of rotatable bonds is 4. The Labute approximate surface area is 175 Å². The van der Waals surface area contributed by atoms with Gasteiger partial charge in [-0.15, -0.1) is 0 Å². The van der Waals surface area contributed by atoms with Crippen LogP contribution in [-0.4, -0.2) is 60.5 Å². The number of carbonyl (C=O) groups is 2. The summed E-state index contributed by atoms with van der Waals surface area (Å²) in [5, 5.41) is 2.80. The Balaban J connectivity index is 1.41.